The Hall–Kier alpha value is -3.59. The van der Waals surface area contributed by atoms with Gasteiger partial charge in [0, 0.05) is 42.0 Å². The maximum absolute atomic E-state index is 12.5. The number of hydrogen-bond donors (Lipinski definition) is 1. The fourth-order valence-electron chi connectivity index (χ4n) is 4.69. The number of ether oxygens (including phenoxy) is 1. The molecule has 2 aromatic carbocycles. The molecule has 2 N–H and O–H groups in total. The van der Waals surface area contributed by atoms with Crippen LogP contribution in [0.15, 0.2) is 60.9 Å². The van der Waals surface area contributed by atoms with Gasteiger partial charge in [-0.25, -0.2) is 18.4 Å². The molecular weight excluding hydrogens is 450 g/mol. The van der Waals surface area contributed by atoms with Gasteiger partial charge in [-0.3, -0.25) is 4.31 Å². The van der Waals surface area contributed by atoms with Crippen LogP contribution in [0.5, 0.6) is 11.8 Å². The van der Waals surface area contributed by atoms with Crippen molar-refractivity contribution < 1.29 is 13.2 Å². The van der Waals surface area contributed by atoms with E-state index in [1.54, 1.807) is 18.5 Å². The van der Waals surface area contributed by atoms with E-state index in [-0.39, 0.29) is 5.75 Å². The molecule has 0 spiro atoms. The first kappa shape index (κ1) is 21.0. The van der Waals surface area contributed by atoms with Gasteiger partial charge < -0.3 is 15.0 Å². The van der Waals surface area contributed by atoms with Crippen molar-refractivity contribution in [2.45, 2.75) is 31.7 Å². The summed E-state index contributed by atoms with van der Waals surface area (Å²) >= 11 is 0. The summed E-state index contributed by atoms with van der Waals surface area (Å²) in [7, 11) is -3.25. The molecule has 6 rings (SSSR count). The molecule has 2 aromatic heterocycles. The van der Waals surface area contributed by atoms with Gasteiger partial charge in [0.2, 0.25) is 10.0 Å². The molecule has 0 amide bonds. The van der Waals surface area contributed by atoms with Gasteiger partial charge >= 0.3 is 6.01 Å². The van der Waals surface area contributed by atoms with E-state index in [4.69, 9.17) is 10.5 Å². The van der Waals surface area contributed by atoms with Crippen LogP contribution in [0.2, 0.25) is 0 Å². The van der Waals surface area contributed by atoms with Crippen LogP contribution in [0.4, 0.5) is 11.4 Å². The highest BCUT2D eigenvalue weighted by Gasteiger charge is 2.31. The number of fused-ring (bicyclic) bond motifs is 1. The topological polar surface area (TPSA) is 103 Å². The molecule has 0 bridgehead atoms. The van der Waals surface area contributed by atoms with Crippen LogP contribution in [0.25, 0.3) is 22.2 Å². The number of nitrogens with two attached hydrogens (primary N) is 1. The summed E-state index contributed by atoms with van der Waals surface area (Å²) < 4.78 is 34.7. The molecule has 9 heteroatoms. The van der Waals surface area contributed by atoms with Gasteiger partial charge in [-0.2, -0.15) is 0 Å². The molecule has 1 saturated carbocycles. The maximum atomic E-state index is 12.5. The van der Waals surface area contributed by atoms with Gasteiger partial charge in [0.05, 0.1) is 28.3 Å². The lowest BCUT2D eigenvalue weighted by Gasteiger charge is -2.28. The average molecular weight is 476 g/mol. The molecule has 0 radical (unpaired) electrons. The van der Waals surface area contributed by atoms with Gasteiger partial charge in [-0.15, -0.1) is 0 Å². The average Bonchev–Trinajstić information content (AvgIpc) is 3.64. The van der Waals surface area contributed by atoms with E-state index in [1.165, 1.54) is 4.31 Å². The van der Waals surface area contributed by atoms with Crippen LogP contribution in [-0.2, 0) is 10.0 Å². The third kappa shape index (κ3) is 3.66. The fraction of sp³-hybridized carbons (Fsp3) is 0.280. The minimum atomic E-state index is -3.25. The summed E-state index contributed by atoms with van der Waals surface area (Å²) in [5, 5.41) is 0.964. The zero-order chi connectivity index (χ0) is 23.3. The van der Waals surface area contributed by atoms with Gasteiger partial charge in [-0.05, 0) is 56.0 Å². The Balaban J connectivity index is 1.41. The quantitative estimate of drug-likeness (QED) is 0.447. The summed E-state index contributed by atoms with van der Waals surface area (Å²) in [6.07, 6.45) is 7.06. The van der Waals surface area contributed by atoms with Crippen molar-refractivity contribution in [3.05, 3.63) is 60.9 Å². The predicted molar refractivity (Wildman–Crippen MR) is 133 cm³/mol. The third-order valence-corrected chi connectivity index (χ3v) is 8.33. The molecule has 8 nitrogen and oxygen atoms in total. The van der Waals surface area contributed by atoms with Gasteiger partial charge in [0.15, 0.2) is 0 Å². The standard InChI is InChI=1S/C25H25N5O3S/c26-23-21-11-10-20(33-25-27-12-3-13-28-25)16-22(21)30(19-8-9-19)24(23)17-4-6-18(7-5-17)29-14-1-2-15-34(29,31)32/h3-7,10-13,16,19H,1-2,8-9,14-15,26H2. The molecule has 4 aromatic rings. The molecular formula is C25H25N5O3S. The Labute approximate surface area is 198 Å². The molecule has 174 valence electrons. The Morgan fingerprint density at radius 2 is 1.76 bits per heavy atom. The van der Waals surface area contributed by atoms with E-state index >= 15 is 0 Å². The number of benzene rings is 2. The van der Waals surface area contributed by atoms with E-state index in [2.05, 4.69) is 14.5 Å². The van der Waals surface area contributed by atoms with Crippen LogP contribution in [0.3, 0.4) is 0 Å². The molecule has 1 aliphatic heterocycles. The summed E-state index contributed by atoms with van der Waals surface area (Å²) in [6.45, 7) is 0.528. The fourth-order valence-corrected chi connectivity index (χ4v) is 6.33. The molecule has 0 unspecified atom stereocenters. The summed E-state index contributed by atoms with van der Waals surface area (Å²) in [5.74, 6) is 0.853. The van der Waals surface area contributed by atoms with E-state index in [0.717, 1.165) is 47.8 Å². The summed E-state index contributed by atoms with van der Waals surface area (Å²) in [6, 6.07) is 16.0. The Morgan fingerprint density at radius 3 is 2.47 bits per heavy atom. The van der Waals surface area contributed by atoms with Crippen molar-refractivity contribution in [3.63, 3.8) is 0 Å². The van der Waals surface area contributed by atoms with Crippen LogP contribution >= 0.6 is 0 Å². The van der Waals surface area contributed by atoms with Gasteiger partial charge in [0.1, 0.15) is 5.75 Å². The molecule has 1 aliphatic carbocycles. The molecule has 34 heavy (non-hydrogen) atoms. The zero-order valence-electron chi connectivity index (χ0n) is 18.6. The van der Waals surface area contributed by atoms with Crippen LogP contribution < -0.4 is 14.8 Å². The number of nitrogens with zero attached hydrogens (tertiary/aromatic N) is 4. The first-order valence-corrected chi connectivity index (χ1v) is 13.1. The maximum Gasteiger partial charge on any atom is 0.321 e. The van der Waals surface area contributed by atoms with Gasteiger partial charge in [-0.1, -0.05) is 12.1 Å². The second-order valence-corrected chi connectivity index (χ2v) is 10.8. The number of hydrogen-bond acceptors (Lipinski definition) is 6. The Morgan fingerprint density at radius 1 is 1.00 bits per heavy atom. The SMILES string of the molecule is Nc1c(-c2ccc(N3CCCCS3(=O)=O)cc2)n(C2CC2)c2cc(Oc3ncccn3)ccc12. The number of sulfonamides is 1. The predicted octanol–water partition coefficient (Wildman–Crippen LogP) is 4.74. The van der Waals surface area contributed by atoms with E-state index < -0.39 is 10.0 Å². The van der Waals surface area contributed by atoms with Crippen molar-refractivity contribution in [1.29, 1.82) is 0 Å². The molecule has 2 fully saturated rings. The highest BCUT2D eigenvalue weighted by molar-refractivity contribution is 7.92. The van der Waals surface area contributed by atoms with Crippen LogP contribution in [-0.4, -0.2) is 35.3 Å². The smallest absolute Gasteiger partial charge is 0.321 e. The van der Waals surface area contributed by atoms with Crippen LogP contribution in [0, 0.1) is 0 Å². The monoisotopic (exact) mass is 475 g/mol. The lowest BCUT2D eigenvalue weighted by atomic mass is 10.1. The Bertz CT molecular complexity index is 1460. The lowest BCUT2D eigenvalue weighted by molar-refractivity contribution is 0.442. The lowest BCUT2D eigenvalue weighted by Crippen LogP contribution is -2.37. The number of anilines is 2. The minimum absolute atomic E-state index is 0.204. The molecule has 1 saturated heterocycles. The van der Waals surface area contributed by atoms with Crippen molar-refractivity contribution in [2.75, 3.05) is 22.3 Å². The largest absolute Gasteiger partial charge is 0.424 e. The normalized spacial score (nSPS) is 17.7. The van der Waals surface area contributed by atoms with E-state index in [0.29, 0.717) is 35.7 Å². The summed E-state index contributed by atoms with van der Waals surface area (Å²) in [5.41, 5.74) is 11.0. The van der Waals surface area contributed by atoms with Crippen molar-refractivity contribution in [1.82, 2.24) is 14.5 Å². The highest BCUT2D eigenvalue weighted by Crippen LogP contribution is 2.47. The highest BCUT2D eigenvalue weighted by atomic mass is 32.2. The second-order valence-electron chi connectivity index (χ2n) is 8.82. The molecule has 3 heterocycles. The summed E-state index contributed by atoms with van der Waals surface area (Å²) in [4.78, 5) is 8.28. The number of rotatable bonds is 5. The van der Waals surface area contributed by atoms with E-state index in [9.17, 15) is 8.42 Å². The van der Waals surface area contributed by atoms with Crippen LogP contribution in [0.1, 0.15) is 31.7 Å². The van der Waals surface area contributed by atoms with Crippen molar-refractivity contribution in [2.24, 2.45) is 0 Å². The number of aromatic nitrogens is 3. The van der Waals surface area contributed by atoms with Gasteiger partial charge in [0.25, 0.3) is 0 Å². The first-order chi connectivity index (χ1) is 16.5. The molecule has 2 aliphatic rings. The number of nitrogen functional groups attached to an aromatic ring is 1. The Kier molecular flexibility index (Phi) is 4.95. The van der Waals surface area contributed by atoms with Crippen molar-refractivity contribution in [3.8, 4) is 23.0 Å². The van der Waals surface area contributed by atoms with Crippen molar-refractivity contribution >= 4 is 32.3 Å². The first-order valence-electron chi connectivity index (χ1n) is 11.5. The van der Waals surface area contributed by atoms with E-state index in [1.807, 2.05) is 42.5 Å². The molecule has 0 atom stereocenters. The third-order valence-electron chi connectivity index (χ3n) is 6.46. The zero-order valence-corrected chi connectivity index (χ0v) is 19.4. The second kappa shape index (κ2) is 8.02. The minimum Gasteiger partial charge on any atom is -0.424 e.